The van der Waals surface area contributed by atoms with Gasteiger partial charge in [-0.05, 0) is 39.1 Å². The third kappa shape index (κ3) is 4.01. The van der Waals surface area contributed by atoms with Crippen LogP contribution in [0.5, 0.6) is 0 Å². The average molecular weight is 276 g/mol. The molecule has 112 valence electrons. The zero-order chi connectivity index (χ0) is 14.6. The Labute approximate surface area is 123 Å². The van der Waals surface area contributed by atoms with Crippen LogP contribution < -0.4 is 5.32 Å². The molecule has 2 rings (SSSR count). The van der Waals surface area contributed by atoms with Gasteiger partial charge in [0, 0.05) is 44.5 Å². The number of nitrogens with zero attached hydrogens (tertiary/aromatic N) is 3. The van der Waals surface area contributed by atoms with Gasteiger partial charge in [0.1, 0.15) is 0 Å². The summed E-state index contributed by atoms with van der Waals surface area (Å²) < 4.78 is 0. The first-order valence-electron chi connectivity index (χ1n) is 7.59. The first-order valence-corrected chi connectivity index (χ1v) is 7.59. The van der Waals surface area contributed by atoms with Crippen molar-refractivity contribution in [1.82, 2.24) is 20.1 Å². The zero-order valence-corrected chi connectivity index (χ0v) is 13.3. The number of pyridine rings is 1. The minimum absolute atomic E-state index is 0.253. The fourth-order valence-electron chi connectivity index (χ4n) is 2.63. The second-order valence-electron chi connectivity index (χ2n) is 6.38. The molecule has 0 aromatic carbocycles. The Kier molecular flexibility index (Phi) is 5.13. The Hall–Kier alpha value is -0.970. The molecule has 1 aliphatic rings. The summed E-state index contributed by atoms with van der Waals surface area (Å²) in [4.78, 5) is 9.54. The van der Waals surface area contributed by atoms with Gasteiger partial charge in [-0.2, -0.15) is 0 Å². The predicted molar refractivity (Wildman–Crippen MR) is 83.6 cm³/mol. The molecule has 4 nitrogen and oxygen atoms in total. The van der Waals surface area contributed by atoms with Crippen molar-refractivity contribution in [2.24, 2.45) is 0 Å². The number of nitrogens with one attached hydrogen (secondary N) is 1. The highest BCUT2D eigenvalue weighted by Gasteiger charge is 2.30. The van der Waals surface area contributed by atoms with E-state index in [2.05, 4.69) is 60.1 Å². The second kappa shape index (κ2) is 6.66. The predicted octanol–water partition coefficient (Wildman–Crippen LogP) is 1.72. The van der Waals surface area contributed by atoms with E-state index in [1.165, 1.54) is 11.3 Å². The van der Waals surface area contributed by atoms with Crippen molar-refractivity contribution in [3.8, 4) is 0 Å². The molecule has 0 amide bonds. The van der Waals surface area contributed by atoms with Crippen molar-refractivity contribution >= 4 is 0 Å². The molecule has 0 spiro atoms. The Morgan fingerprint density at radius 1 is 1.30 bits per heavy atom. The fraction of sp³-hybridized carbons (Fsp3) is 0.688. The summed E-state index contributed by atoms with van der Waals surface area (Å²) in [5.74, 6) is 0. The number of aromatic nitrogens is 1. The zero-order valence-electron chi connectivity index (χ0n) is 13.3. The van der Waals surface area contributed by atoms with E-state index >= 15 is 0 Å². The summed E-state index contributed by atoms with van der Waals surface area (Å²) in [6, 6.07) is 4.35. The van der Waals surface area contributed by atoms with E-state index in [0.29, 0.717) is 0 Å². The van der Waals surface area contributed by atoms with Crippen LogP contribution in [-0.2, 0) is 13.1 Å². The topological polar surface area (TPSA) is 31.4 Å². The molecule has 0 bridgehead atoms. The third-order valence-corrected chi connectivity index (χ3v) is 4.25. The number of likely N-dealkylation sites (N-methyl/N-ethyl adjacent to an activating group) is 1. The van der Waals surface area contributed by atoms with Crippen molar-refractivity contribution in [1.29, 1.82) is 0 Å². The van der Waals surface area contributed by atoms with Crippen LogP contribution in [0.15, 0.2) is 18.3 Å². The standard InChI is InChI=1S/C16H28N4/c1-5-17-10-14-6-7-15(18-11-14)12-20-9-8-19(4)16(2,3)13-20/h6-7,11,17H,5,8-10,12-13H2,1-4H3. The van der Waals surface area contributed by atoms with Crippen LogP contribution in [0.2, 0.25) is 0 Å². The summed E-state index contributed by atoms with van der Waals surface area (Å²) in [5.41, 5.74) is 2.68. The van der Waals surface area contributed by atoms with Crippen molar-refractivity contribution in [2.75, 3.05) is 33.2 Å². The first-order chi connectivity index (χ1) is 9.51. The van der Waals surface area contributed by atoms with Gasteiger partial charge in [0.05, 0.1) is 5.69 Å². The van der Waals surface area contributed by atoms with Crippen molar-refractivity contribution in [3.05, 3.63) is 29.6 Å². The lowest BCUT2D eigenvalue weighted by Gasteiger charge is -2.45. The fourth-order valence-corrected chi connectivity index (χ4v) is 2.63. The highest BCUT2D eigenvalue weighted by molar-refractivity contribution is 5.14. The van der Waals surface area contributed by atoms with Crippen LogP contribution in [-0.4, -0.2) is 53.5 Å². The molecule has 2 heterocycles. The average Bonchev–Trinajstić information content (AvgIpc) is 2.42. The van der Waals surface area contributed by atoms with Crippen molar-refractivity contribution in [3.63, 3.8) is 0 Å². The van der Waals surface area contributed by atoms with Gasteiger partial charge in [0.15, 0.2) is 0 Å². The monoisotopic (exact) mass is 276 g/mol. The van der Waals surface area contributed by atoms with E-state index in [4.69, 9.17) is 0 Å². The van der Waals surface area contributed by atoms with E-state index in [9.17, 15) is 0 Å². The summed E-state index contributed by atoms with van der Waals surface area (Å²) in [6.07, 6.45) is 2.00. The smallest absolute Gasteiger partial charge is 0.0544 e. The van der Waals surface area contributed by atoms with Crippen LogP contribution in [0.1, 0.15) is 32.0 Å². The van der Waals surface area contributed by atoms with Gasteiger partial charge in [-0.1, -0.05) is 13.0 Å². The molecular weight excluding hydrogens is 248 g/mol. The highest BCUT2D eigenvalue weighted by Crippen LogP contribution is 2.20. The lowest BCUT2D eigenvalue weighted by atomic mass is 9.99. The van der Waals surface area contributed by atoms with Crippen LogP contribution >= 0.6 is 0 Å². The molecule has 1 aromatic rings. The number of piperazine rings is 1. The van der Waals surface area contributed by atoms with Gasteiger partial charge in [-0.25, -0.2) is 0 Å². The molecule has 0 unspecified atom stereocenters. The van der Waals surface area contributed by atoms with Gasteiger partial charge in [-0.3, -0.25) is 14.8 Å². The molecule has 1 saturated heterocycles. The van der Waals surface area contributed by atoms with Gasteiger partial charge >= 0.3 is 0 Å². The maximum atomic E-state index is 4.60. The molecular formula is C16H28N4. The Morgan fingerprint density at radius 3 is 2.70 bits per heavy atom. The Bertz CT molecular complexity index is 413. The molecule has 4 heteroatoms. The highest BCUT2D eigenvalue weighted by atomic mass is 15.3. The number of hydrogen-bond donors (Lipinski definition) is 1. The summed E-state index contributed by atoms with van der Waals surface area (Å²) in [7, 11) is 2.21. The van der Waals surface area contributed by atoms with Crippen LogP contribution in [0, 0.1) is 0 Å². The molecule has 1 aliphatic heterocycles. The minimum atomic E-state index is 0.253. The first kappa shape index (κ1) is 15.4. The van der Waals surface area contributed by atoms with Crippen LogP contribution in [0.4, 0.5) is 0 Å². The van der Waals surface area contributed by atoms with E-state index in [0.717, 1.165) is 39.3 Å². The molecule has 1 fully saturated rings. The molecule has 0 aliphatic carbocycles. The van der Waals surface area contributed by atoms with Gasteiger partial charge in [0.2, 0.25) is 0 Å². The normalized spacial score (nSPS) is 20.2. The van der Waals surface area contributed by atoms with Crippen LogP contribution in [0.3, 0.4) is 0 Å². The summed E-state index contributed by atoms with van der Waals surface area (Å²) >= 11 is 0. The quantitative estimate of drug-likeness (QED) is 0.887. The van der Waals surface area contributed by atoms with E-state index in [1.807, 2.05) is 6.20 Å². The van der Waals surface area contributed by atoms with Crippen molar-refractivity contribution < 1.29 is 0 Å². The molecule has 0 atom stereocenters. The third-order valence-electron chi connectivity index (χ3n) is 4.25. The number of rotatable bonds is 5. The van der Waals surface area contributed by atoms with Crippen molar-refractivity contribution in [2.45, 2.75) is 39.4 Å². The van der Waals surface area contributed by atoms with Gasteiger partial charge in [0.25, 0.3) is 0 Å². The van der Waals surface area contributed by atoms with E-state index in [1.54, 1.807) is 0 Å². The number of hydrogen-bond acceptors (Lipinski definition) is 4. The van der Waals surface area contributed by atoms with Gasteiger partial charge < -0.3 is 5.32 Å². The maximum absolute atomic E-state index is 4.60. The Morgan fingerprint density at radius 2 is 2.10 bits per heavy atom. The van der Waals surface area contributed by atoms with Gasteiger partial charge in [-0.15, -0.1) is 0 Å². The summed E-state index contributed by atoms with van der Waals surface area (Å²) in [6.45, 7) is 13.0. The molecule has 20 heavy (non-hydrogen) atoms. The lowest BCUT2D eigenvalue weighted by Crippen LogP contribution is -2.57. The lowest BCUT2D eigenvalue weighted by molar-refractivity contribution is 0.0354. The SMILES string of the molecule is CCNCc1ccc(CN2CCN(C)C(C)(C)C2)nc1. The molecule has 1 N–H and O–H groups in total. The van der Waals surface area contributed by atoms with Crippen LogP contribution in [0.25, 0.3) is 0 Å². The Balaban J connectivity index is 1.90. The molecule has 1 aromatic heterocycles. The minimum Gasteiger partial charge on any atom is -0.313 e. The largest absolute Gasteiger partial charge is 0.313 e. The maximum Gasteiger partial charge on any atom is 0.0544 e. The van der Waals surface area contributed by atoms with E-state index in [-0.39, 0.29) is 5.54 Å². The molecule has 0 radical (unpaired) electrons. The molecule has 0 saturated carbocycles. The van der Waals surface area contributed by atoms with E-state index < -0.39 is 0 Å². The summed E-state index contributed by atoms with van der Waals surface area (Å²) in [5, 5.41) is 3.33. The second-order valence-corrected chi connectivity index (χ2v) is 6.38.